The van der Waals surface area contributed by atoms with Crippen LogP contribution in [0.5, 0.6) is 0 Å². The molecule has 2 aromatic carbocycles. The maximum absolute atomic E-state index is 12.1. The minimum absolute atomic E-state index is 0.000657. The zero-order chi connectivity index (χ0) is 18.2. The van der Waals surface area contributed by atoms with Crippen molar-refractivity contribution in [2.75, 3.05) is 6.54 Å². The van der Waals surface area contributed by atoms with Crippen molar-refractivity contribution in [1.29, 1.82) is 0 Å². The molecule has 0 radical (unpaired) electrons. The number of quaternary nitrogens is 1. The highest BCUT2D eigenvalue weighted by molar-refractivity contribution is 5.94. The van der Waals surface area contributed by atoms with Crippen LogP contribution in [0.15, 0.2) is 54.6 Å². The van der Waals surface area contributed by atoms with E-state index in [2.05, 4.69) is 34.9 Å². The van der Waals surface area contributed by atoms with Gasteiger partial charge in [0.25, 0.3) is 5.91 Å². The Morgan fingerprint density at radius 3 is 2.16 bits per heavy atom. The van der Waals surface area contributed by atoms with Crippen LogP contribution in [0.2, 0.25) is 0 Å². The highest BCUT2D eigenvalue weighted by Gasteiger charge is 2.19. The summed E-state index contributed by atoms with van der Waals surface area (Å²) in [6.07, 6.45) is 0. The summed E-state index contributed by atoms with van der Waals surface area (Å²) in [4.78, 5) is 23.7. The SMILES string of the molecule is Cc1ccc([C@H]([NH2+]CC(=O)NC(=O)NC(C)C)c2ccccc2)cc1. The highest BCUT2D eigenvalue weighted by Crippen LogP contribution is 2.18. The lowest BCUT2D eigenvalue weighted by atomic mass is 9.98. The van der Waals surface area contributed by atoms with Gasteiger partial charge in [0.1, 0.15) is 6.04 Å². The summed E-state index contributed by atoms with van der Waals surface area (Å²) in [6.45, 7) is 5.91. The first-order chi connectivity index (χ1) is 12.0. The molecule has 132 valence electrons. The minimum Gasteiger partial charge on any atom is -0.336 e. The molecule has 2 rings (SSSR count). The molecule has 0 heterocycles. The van der Waals surface area contributed by atoms with Gasteiger partial charge in [-0.3, -0.25) is 10.1 Å². The van der Waals surface area contributed by atoms with Crippen molar-refractivity contribution in [3.8, 4) is 0 Å². The molecule has 1 atom stereocenters. The zero-order valence-corrected chi connectivity index (χ0v) is 15.0. The first-order valence-electron chi connectivity index (χ1n) is 8.51. The molecule has 2 aromatic rings. The molecule has 0 aliphatic rings. The molecule has 0 unspecified atom stereocenters. The number of hydrogen-bond acceptors (Lipinski definition) is 2. The minimum atomic E-state index is -0.458. The Labute approximate surface area is 148 Å². The molecule has 4 N–H and O–H groups in total. The first-order valence-corrected chi connectivity index (χ1v) is 8.51. The van der Waals surface area contributed by atoms with Crippen LogP contribution >= 0.6 is 0 Å². The smallest absolute Gasteiger partial charge is 0.321 e. The summed E-state index contributed by atoms with van der Waals surface area (Å²) in [5.74, 6) is -0.314. The highest BCUT2D eigenvalue weighted by atomic mass is 16.2. The molecule has 3 amide bonds. The molecule has 0 saturated heterocycles. The summed E-state index contributed by atoms with van der Waals surface area (Å²) < 4.78 is 0. The van der Waals surface area contributed by atoms with Gasteiger partial charge >= 0.3 is 6.03 Å². The van der Waals surface area contributed by atoms with E-state index in [9.17, 15) is 9.59 Å². The number of imide groups is 1. The van der Waals surface area contributed by atoms with Gasteiger partial charge in [-0.1, -0.05) is 60.2 Å². The molecule has 0 aromatic heterocycles. The fraction of sp³-hybridized carbons (Fsp3) is 0.300. The first kappa shape index (κ1) is 18.7. The summed E-state index contributed by atoms with van der Waals surface area (Å²) in [6, 6.07) is 17.8. The monoisotopic (exact) mass is 340 g/mol. The normalized spacial score (nSPS) is 11.8. The zero-order valence-electron chi connectivity index (χ0n) is 15.0. The third-order valence-corrected chi connectivity index (χ3v) is 3.81. The molecular formula is C20H26N3O2+. The number of nitrogens with one attached hydrogen (secondary N) is 2. The van der Waals surface area contributed by atoms with Gasteiger partial charge in [-0.15, -0.1) is 0 Å². The van der Waals surface area contributed by atoms with Gasteiger partial charge in [0.2, 0.25) is 0 Å². The average molecular weight is 340 g/mol. The molecule has 5 heteroatoms. The van der Waals surface area contributed by atoms with E-state index in [0.717, 1.165) is 11.1 Å². The Kier molecular flexibility index (Phi) is 6.71. The maximum atomic E-state index is 12.1. The van der Waals surface area contributed by atoms with Crippen molar-refractivity contribution in [2.45, 2.75) is 32.9 Å². The van der Waals surface area contributed by atoms with Crippen LogP contribution in [0, 0.1) is 6.92 Å². The van der Waals surface area contributed by atoms with E-state index in [1.165, 1.54) is 5.56 Å². The quantitative estimate of drug-likeness (QED) is 0.751. The molecule has 0 aliphatic carbocycles. The Balaban J connectivity index is 2.05. The van der Waals surface area contributed by atoms with E-state index < -0.39 is 6.03 Å². The fourth-order valence-corrected chi connectivity index (χ4v) is 2.60. The number of hydrogen-bond donors (Lipinski definition) is 3. The third kappa shape index (κ3) is 6.04. The van der Waals surface area contributed by atoms with Gasteiger partial charge in [0, 0.05) is 17.2 Å². The van der Waals surface area contributed by atoms with Crippen LogP contribution in [0.1, 0.15) is 36.6 Å². The van der Waals surface area contributed by atoms with Crippen molar-refractivity contribution in [3.63, 3.8) is 0 Å². The number of carbonyl (C=O) groups is 2. The molecule has 25 heavy (non-hydrogen) atoms. The summed E-state index contributed by atoms with van der Waals surface area (Å²) in [5.41, 5.74) is 3.43. The Hall–Kier alpha value is -2.66. The van der Waals surface area contributed by atoms with Crippen molar-refractivity contribution >= 4 is 11.9 Å². The van der Waals surface area contributed by atoms with E-state index in [4.69, 9.17) is 0 Å². The number of benzene rings is 2. The second-order valence-electron chi connectivity index (χ2n) is 6.42. The number of rotatable bonds is 6. The van der Waals surface area contributed by atoms with Crippen molar-refractivity contribution in [1.82, 2.24) is 10.6 Å². The van der Waals surface area contributed by atoms with Crippen LogP contribution in [-0.4, -0.2) is 24.5 Å². The Morgan fingerprint density at radius 2 is 1.56 bits per heavy atom. The molecular weight excluding hydrogens is 314 g/mol. The summed E-state index contributed by atoms with van der Waals surface area (Å²) in [5, 5.41) is 6.95. The van der Waals surface area contributed by atoms with Crippen LogP contribution in [0.4, 0.5) is 4.79 Å². The third-order valence-electron chi connectivity index (χ3n) is 3.81. The molecule has 0 spiro atoms. The van der Waals surface area contributed by atoms with Crippen molar-refractivity contribution < 1.29 is 14.9 Å². The van der Waals surface area contributed by atoms with E-state index in [1.807, 2.05) is 56.4 Å². The topological polar surface area (TPSA) is 74.8 Å². The predicted molar refractivity (Wildman–Crippen MR) is 98.1 cm³/mol. The predicted octanol–water partition coefficient (Wildman–Crippen LogP) is 1.88. The van der Waals surface area contributed by atoms with Gasteiger partial charge < -0.3 is 10.6 Å². The van der Waals surface area contributed by atoms with E-state index >= 15 is 0 Å². The van der Waals surface area contributed by atoms with Crippen LogP contribution in [0.3, 0.4) is 0 Å². The van der Waals surface area contributed by atoms with Gasteiger partial charge in [-0.25, -0.2) is 4.79 Å². The average Bonchev–Trinajstić information content (AvgIpc) is 2.56. The van der Waals surface area contributed by atoms with E-state index in [1.54, 1.807) is 0 Å². The number of urea groups is 1. The number of amides is 3. The lowest BCUT2D eigenvalue weighted by Crippen LogP contribution is -2.88. The Morgan fingerprint density at radius 1 is 0.960 bits per heavy atom. The van der Waals surface area contributed by atoms with Gasteiger partial charge in [0.05, 0.1) is 0 Å². The molecule has 5 nitrogen and oxygen atoms in total. The maximum Gasteiger partial charge on any atom is 0.321 e. The summed E-state index contributed by atoms with van der Waals surface area (Å²) >= 11 is 0. The second-order valence-corrected chi connectivity index (χ2v) is 6.42. The molecule has 0 bridgehead atoms. The van der Waals surface area contributed by atoms with Crippen molar-refractivity contribution in [2.24, 2.45) is 0 Å². The lowest BCUT2D eigenvalue weighted by Gasteiger charge is -2.17. The standard InChI is InChI=1S/C20H25N3O2/c1-14(2)22-20(25)23-18(24)13-21-19(16-7-5-4-6-8-16)17-11-9-15(3)10-12-17/h4-12,14,19,21H,13H2,1-3H3,(H2,22,23,24,25)/p+1/t19-/m1/s1. The molecule has 0 aliphatic heterocycles. The summed E-state index contributed by atoms with van der Waals surface area (Å²) in [7, 11) is 0. The van der Waals surface area contributed by atoms with Gasteiger partial charge in [0.15, 0.2) is 6.54 Å². The van der Waals surface area contributed by atoms with Crippen LogP contribution in [-0.2, 0) is 4.79 Å². The van der Waals surface area contributed by atoms with E-state index in [0.29, 0.717) is 0 Å². The van der Waals surface area contributed by atoms with Crippen LogP contribution < -0.4 is 16.0 Å². The Bertz CT molecular complexity index is 697. The fourth-order valence-electron chi connectivity index (χ4n) is 2.60. The van der Waals surface area contributed by atoms with Gasteiger partial charge in [-0.2, -0.15) is 0 Å². The van der Waals surface area contributed by atoms with Gasteiger partial charge in [-0.05, 0) is 20.8 Å². The lowest BCUT2D eigenvalue weighted by molar-refractivity contribution is -0.676. The number of nitrogens with two attached hydrogens (primary N) is 1. The number of carbonyl (C=O) groups excluding carboxylic acids is 2. The molecule has 0 saturated carbocycles. The largest absolute Gasteiger partial charge is 0.336 e. The van der Waals surface area contributed by atoms with Crippen LogP contribution in [0.25, 0.3) is 0 Å². The number of aryl methyl sites for hydroxylation is 1. The van der Waals surface area contributed by atoms with E-state index in [-0.39, 0.29) is 24.5 Å². The van der Waals surface area contributed by atoms with Crippen molar-refractivity contribution in [3.05, 3.63) is 71.3 Å². The molecule has 0 fully saturated rings. The second kappa shape index (κ2) is 8.99.